The van der Waals surface area contributed by atoms with Gasteiger partial charge >= 0.3 is 6.03 Å². The van der Waals surface area contributed by atoms with Crippen molar-refractivity contribution in [1.82, 2.24) is 15.1 Å². The van der Waals surface area contributed by atoms with Crippen molar-refractivity contribution in [2.45, 2.75) is 31.3 Å². The number of rotatable bonds is 2. The number of ether oxygens (including phenoxy) is 2. The molecule has 3 saturated heterocycles. The van der Waals surface area contributed by atoms with Gasteiger partial charge in [-0.25, -0.2) is 4.79 Å². The van der Waals surface area contributed by atoms with Crippen LogP contribution in [0.1, 0.15) is 19.3 Å². The second kappa shape index (κ2) is 6.74. The highest BCUT2D eigenvalue weighted by Gasteiger charge is 2.28. The van der Waals surface area contributed by atoms with Crippen molar-refractivity contribution in [1.29, 1.82) is 0 Å². The molecular weight excluding hydrogens is 258 g/mol. The summed E-state index contributed by atoms with van der Waals surface area (Å²) in [6, 6.07) is 1.24. The molecule has 3 rings (SSSR count). The number of piperidine rings is 1. The Bertz CT molecular complexity index is 320. The van der Waals surface area contributed by atoms with Gasteiger partial charge in [0, 0.05) is 44.9 Å². The first-order valence-corrected chi connectivity index (χ1v) is 7.78. The summed E-state index contributed by atoms with van der Waals surface area (Å²) in [5.41, 5.74) is 0. The van der Waals surface area contributed by atoms with Crippen LogP contribution in [0.5, 0.6) is 0 Å². The summed E-state index contributed by atoms with van der Waals surface area (Å²) in [6.07, 6.45) is 3.21. The van der Waals surface area contributed by atoms with Crippen LogP contribution in [0.3, 0.4) is 0 Å². The average molecular weight is 283 g/mol. The lowest BCUT2D eigenvalue weighted by molar-refractivity contribution is 0.0406. The van der Waals surface area contributed by atoms with Crippen LogP contribution < -0.4 is 5.32 Å². The zero-order valence-electron chi connectivity index (χ0n) is 12.1. The molecule has 3 aliphatic heterocycles. The van der Waals surface area contributed by atoms with Crippen LogP contribution in [0, 0.1) is 0 Å². The maximum absolute atomic E-state index is 12.4. The van der Waals surface area contributed by atoms with E-state index in [1.165, 1.54) is 0 Å². The van der Waals surface area contributed by atoms with Crippen molar-refractivity contribution in [3.05, 3.63) is 0 Å². The van der Waals surface area contributed by atoms with E-state index in [-0.39, 0.29) is 6.03 Å². The van der Waals surface area contributed by atoms with Crippen molar-refractivity contribution < 1.29 is 14.3 Å². The zero-order chi connectivity index (χ0) is 13.8. The van der Waals surface area contributed by atoms with Gasteiger partial charge in [0.2, 0.25) is 0 Å². The van der Waals surface area contributed by atoms with Gasteiger partial charge < -0.3 is 24.6 Å². The summed E-state index contributed by atoms with van der Waals surface area (Å²) in [5.74, 6) is 0. The van der Waals surface area contributed by atoms with Gasteiger partial charge in [-0.15, -0.1) is 0 Å². The highest BCUT2D eigenvalue weighted by atomic mass is 16.5. The molecular formula is C14H25N3O3. The first kappa shape index (κ1) is 14.1. The van der Waals surface area contributed by atoms with E-state index in [0.29, 0.717) is 25.3 Å². The third-order valence-corrected chi connectivity index (χ3v) is 4.45. The average Bonchev–Trinajstić information content (AvgIpc) is 3.01. The molecule has 3 fully saturated rings. The number of morpholine rings is 1. The lowest BCUT2D eigenvalue weighted by atomic mass is 10.0. The number of hydrogen-bond acceptors (Lipinski definition) is 4. The quantitative estimate of drug-likeness (QED) is 0.791. The molecule has 3 heterocycles. The minimum absolute atomic E-state index is 0.191. The molecule has 1 N–H and O–H groups in total. The lowest BCUT2D eigenvalue weighted by Crippen LogP contribution is -2.53. The number of carbonyl (C=O) groups is 1. The summed E-state index contributed by atoms with van der Waals surface area (Å²) < 4.78 is 10.7. The van der Waals surface area contributed by atoms with Gasteiger partial charge in [-0.2, -0.15) is 0 Å². The van der Waals surface area contributed by atoms with Crippen molar-refractivity contribution in [3.8, 4) is 0 Å². The zero-order valence-corrected chi connectivity index (χ0v) is 12.1. The van der Waals surface area contributed by atoms with Gasteiger partial charge in [0.1, 0.15) is 0 Å². The first-order chi connectivity index (χ1) is 9.83. The SMILES string of the molecule is O=C(N1CCOCC1)N1CCC(N[C@H]2CCOC2)CC1. The molecule has 6 nitrogen and oxygen atoms in total. The largest absolute Gasteiger partial charge is 0.380 e. The van der Waals surface area contributed by atoms with Gasteiger partial charge in [-0.05, 0) is 19.3 Å². The summed E-state index contributed by atoms with van der Waals surface area (Å²) in [6.45, 7) is 6.26. The number of carbonyl (C=O) groups excluding carboxylic acids is 1. The van der Waals surface area contributed by atoms with Gasteiger partial charge in [-0.3, -0.25) is 0 Å². The standard InChI is InChI=1S/C14H25N3O3/c18-14(17-6-9-19-10-7-17)16-4-1-12(2-5-16)15-13-3-8-20-11-13/h12-13,15H,1-11H2/t13-/m0/s1. The number of likely N-dealkylation sites (tertiary alicyclic amines) is 1. The minimum atomic E-state index is 0.191. The fraction of sp³-hybridized carbons (Fsp3) is 0.929. The molecule has 6 heteroatoms. The van der Waals surface area contributed by atoms with Crippen molar-refractivity contribution in [2.75, 3.05) is 52.6 Å². The fourth-order valence-electron chi connectivity index (χ4n) is 3.19. The third-order valence-electron chi connectivity index (χ3n) is 4.45. The molecule has 0 saturated carbocycles. The van der Waals surface area contributed by atoms with Gasteiger partial charge in [0.25, 0.3) is 0 Å². The number of nitrogens with zero attached hydrogens (tertiary/aromatic N) is 2. The van der Waals surface area contributed by atoms with Gasteiger partial charge in [0.05, 0.1) is 19.8 Å². The van der Waals surface area contributed by atoms with E-state index in [0.717, 1.165) is 58.7 Å². The molecule has 0 spiro atoms. The molecule has 114 valence electrons. The fourth-order valence-corrected chi connectivity index (χ4v) is 3.19. The van der Waals surface area contributed by atoms with E-state index in [2.05, 4.69) is 5.32 Å². The first-order valence-electron chi connectivity index (χ1n) is 7.78. The third kappa shape index (κ3) is 3.42. The van der Waals surface area contributed by atoms with E-state index in [1.54, 1.807) is 0 Å². The molecule has 0 aliphatic carbocycles. The highest BCUT2D eigenvalue weighted by Crippen LogP contribution is 2.15. The molecule has 3 aliphatic rings. The highest BCUT2D eigenvalue weighted by molar-refractivity contribution is 5.74. The monoisotopic (exact) mass is 283 g/mol. The Hall–Kier alpha value is -0.850. The van der Waals surface area contributed by atoms with Gasteiger partial charge in [0.15, 0.2) is 0 Å². The molecule has 2 amide bonds. The predicted octanol–water partition coefficient (Wildman–Crippen LogP) is 0.282. The molecule has 20 heavy (non-hydrogen) atoms. The van der Waals surface area contributed by atoms with Crippen LogP contribution in [0.4, 0.5) is 4.79 Å². The second-order valence-electron chi connectivity index (χ2n) is 5.87. The van der Waals surface area contributed by atoms with E-state index >= 15 is 0 Å². The van der Waals surface area contributed by atoms with Crippen molar-refractivity contribution in [3.63, 3.8) is 0 Å². The van der Waals surface area contributed by atoms with Crippen LogP contribution in [0.15, 0.2) is 0 Å². The molecule has 0 aromatic heterocycles. The van der Waals surface area contributed by atoms with Crippen molar-refractivity contribution in [2.24, 2.45) is 0 Å². The Kier molecular flexibility index (Phi) is 4.75. The molecule has 0 bridgehead atoms. The normalized spacial score (nSPS) is 28.9. The minimum Gasteiger partial charge on any atom is -0.380 e. The van der Waals surface area contributed by atoms with Crippen LogP contribution >= 0.6 is 0 Å². The van der Waals surface area contributed by atoms with Crippen LogP contribution in [0.25, 0.3) is 0 Å². The smallest absolute Gasteiger partial charge is 0.320 e. The van der Waals surface area contributed by atoms with Gasteiger partial charge in [-0.1, -0.05) is 0 Å². The Labute approximate surface area is 120 Å². The van der Waals surface area contributed by atoms with Crippen LogP contribution in [0.2, 0.25) is 0 Å². The van der Waals surface area contributed by atoms with E-state index in [9.17, 15) is 4.79 Å². The van der Waals surface area contributed by atoms with Crippen molar-refractivity contribution >= 4 is 6.03 Å². The summed E-state index contributed by atoms with van der Waals surface area (Å²) >= 11 is 0. The molecule has 0 unspecified atom stereocenters. The maximum Gasteiger partial charge on any atom is 0.320 e. The Balaban J connectivity index is 1.41. The van der Waals surface area contributed by atoms with E-state index < -0.39 is 0 Å². The summed E-state index contributed by atoms with van der Waals surface area (Å²) in [4.78, 5) is 16.3. The number of urea groups is 1. The van der Waals surface area contributed by atoms with E-state index in [4.69, 9.17) is 9.47 Å². The molecule has 0 aromatic carbocycles. The lowest BCUT2D eigenvalue weighted by Gasteiger charge is -2.37. The second-order valence-corrected chi connectivity index (χ2v) is 5.87. The predicted molar refractivity (Wildman–Crippen MR) is 74.7 cm³/mol. The molecule has 1 atom stereocenters. The topological polar surface area (TPSA) is 54.0 Å². The van der Waals surface area contributed by atoms with Crippen LogP contribution in [-0.4, -0.2) is 80.5 Å². The summed E-state index contributed by atoms with van der Waals surface area (Å²) in [5, 5.41) is 3.66. The molecule has 0 aromatic rings. The maximum atomic E-state index is 12.4. The van der Waals surface area contributed by atoms with Crippen LogP contribution in [-0.2, 0) is 9.47 Å². The number of nitrogens with one attached hydrogen (secondary N) is 1. The number of hydrogen-bond donors (Lipinski definition) is 1. The summed E-state index contributed by atoms with van der Waals surface area (Å²) in [7, 11) is 0. The number of amides is 2. The van der Waals surface area contributed by atoms with E-state index in [1.807, 2.05) is 9.80 Å². The Morgan fingerprint density at radius 2 is 1.55 bits per heavy atom. The molecule has 0 radical (unpaired) electrons. The Morgan fingerprint density at radius 3 is 2.20 bits per heavy atom. The Morgan fingerprint density at radius 1 is 0.850 bits per heavy atom.